The molecule has 0 saturated carbocycles. The lowest BCUT2D eigenvalue weighted by Crippen LogP contribution is -2.37. The van der Waals surface area contributed by atoms with Gasteiger partial charge in [-0.25, -0.2) is 0 Å². The maximum Gasteiger partial charge on any atom is 0.416 e. The van der Waals surface area contributed by atoms with Gasteiger partial charge in [0.1, 0.15) is 0 Å². The summed E-state index contributed by atoms with van der Waals surface area (Å²) >= 11 is 0. The summed E-state index contributed by atoms with van der Waals surface area (Å²) in [7, 11) is 0. The molecule has 1 N–H and O–H groups in total. The topological polar surface area (TPSA) is 41.6 Å². The normalized spacial score (nSPS) is 21.2. The van der Waals surface area contributed by atoms with Crippen molar-refractivity contribution in [3.8, 4) is 0 Å². The molecule has 0 radical (unpaired) electrons. The number of allylic oxidation sites excluding steroid dienone is 2. The highest BCUT2D eigenvalue weighted by atomic mass is 19.4. The van der Waals surface area contributed by atoms with Gasteiger partial charge >= 0.3 is 6.18 Å². The number of hydrogen-bond acceptors (Lipinski definition) is 3. The van der Waals surface area contributed by atoms with E-state index >= 15 is 0 Å². The molecular weight excluding hydrogens is 333 g/mol. The predicted octanol–water partition coefficient (Wildman–Crippen LogP) is 3.84. The number of halogens is 3. The average Bonchev–Trinajstić information content (AvgIpc) is 2.62. The van der Waals surface area contributed by atoms with Crippen LogP contribution in [0.1, 0.15) is 24.8 Å². The molecule has 1 atom stereocenters. The lowest BCUT2D eigenvalue weighted by molar-refractivity contribution is -0.137. The second-order valence-corrected chi connectivity index (χ2v) is 6.30. The van der Waals surface area contributed by atoms with Crippen LogP contribution in [0.25, 0.3) is 0 Å². The second-order valence-electron chi connectivity index (χ2n) is 6.30. The Labute approximate surface area is 144 Å². The molecule has 136 valence electrons. The first-order valence-electron chi connectivity index (χ1n) is 8.45. The van der Waals surface area contributed by atoms with Gasteiger partial charge in [0.25, 0.3) is 0 Å². The quantitative estimate of drug-likeness (QED) is 0.839. The molecule has 1 saturated heterocycles. The summed E-state index contributed by atoms with van der Waals surface area (Å²) < 4.78 is 44.5. The zero-order valence-electron chi connectivity index (χ0n) is 13.8. The van der Waals surface area contributed by atoms with E-state index in [1.54, 1.807) is 0 Å². The van der Waals surface area contributed by atoms with Crippen LogP contribution in [0.5, 0.6) is 0 Å². The lowest BCUT2D eigenvalue weighted by atomic mass is 9.93. The van der Waals surface area contributed by atoms with Gasteiger partial charge in [-0.05, 0) is 37.5 Å². The van der Waals surface area contributed by atoms with Crippen molar-refractivity contribution in [1.29, 1.82) is 0 Å². The van der Waals surface area contributed by atoms with Crippen LogP contribution in [0.4, 0.5) is 24.5 Å². The van der Waals surface area contributed by atoms with E-state index in [9.17, 15) is 18.0 Å². The Bertz CT molecular complexity index is 652. The molecule has 0 bridgehead atoms. The van der Waals surface area contributed by atoms with Crippen LogP contribution < -0.4 is 10.2 Å². The minimum atomic E-state index is -4.45. The minimum absolute atomic E-state index is 0.197. The zero-order chi connectivity index (χ0) is 17.9. The smallest absolute Gasteiger partial charge is 0.378 e. The number of amides is 1. The van der Waals surface area contributed by atoms with E-state index < -0.39 is 11.7 Å². The van der Waals surface area contributed by atoms with Crippen LogP contribution in [0.15, 0.2) is 30.4 Å². The highest BCUT2D eigenvalue weighted by molar-refractivity contribution is 5.96. The minimum Gasteiger partial charge on any atom is -0.378 e. The number of nitrogens with one attached hydrogen (secondary N) is 1. The van der Waals surface area contributed by atoms with Crippen molar-refractivity contribution in [2.75, 3.05) is 36.5 Å². The number of alkyl halides is 3. The number of carbonyl (C=O) groups excluding carboxylic acids is 1. The van der Waals surface area contributed by atoms with Gasteiger partial charge in [0.15, 0.2) is 0 Å². The predicted molar refractivity (Wildman–Crippen MR) is 89.6 cm³/mol. The summed E-state index contributed by atoms with van der Waals surface area (Å²) in [6.07, 6.45) is 1.68. The van der Waals surface area contributed by atoms with Crippen molar-refractivity contribution < 1.29 is 22.7 Å². The van der Waals surface area contributed by atoms with Crippen LogP contribution in [0.2, 0.25) is 0 Å². The van der Waals surface area contributed by atoms with Crippen molar-refractivity contribution in [3.63, 3.8) is 0 Å². The van der Waals surface area contributed by atoms with Gasteiger partial charge in [-0.2, -0.15) is 13.2 Å². The van der Waals surface area contributed by atoms with Crippen molar-refractivity contribution in [2.45, 2.75) is 25.4 Å². The third-order valence-electron chi connectivity index (χ3n) is 4.57. The molecular formula is C18H21F3N2O2. The van der Waals surface area contributed by atoms with Gasteiger partial charge in [0, 0.05) is 19.0 Å². The second kappa shape index (κ2) is 7.47. The van der Waals surface area contributed by atoms with Crippen LogP contribution in [0.3, 0.4) is 0 Å². The van der Waals surface area contributed by atoms with Crippen molar-refractivity contribution in [2.24, 2.45) is 5.92 Å². The number of carbonyl (C=O) groups is 1. The molecule has 25 heavy (non-hydrogen) atoms. The number of nitrogens with zero attached hydrogens (tertiary/aromatic N) is 1. The third kappa shape index (κ3) is 4.34. The molecule has 1 aromatic carbocycles. The first-order valence-corrected chi connectivity index (χ1v) is 8.45. The summed E-state index contributed by atoms with van der Waals surface area (Å²) in [6.45, 7) is 2.20. The summed E-state index contributed by atoms with van der Waals surface area (Å²) in [6, 6.07) is 3.52. The van der Waals surface area contributed by atoms with E-state index in [0.29, 0.717) is 44.8 Å². The molecule has 1 aliphatic heterocycles. The van der Waals surface area contributed by atoms with Crippen molar-refractivity contribution >= 4 is 17.3 Å². The molecule has 1 aromatic rings. The molecule has 1 heterocycles. The van der Waals surface area contributed by atoms with E-state index in [2.05, 4.69) is 5.32 Å². The number of benzene rings is 1. The molecule has 4 nitrogen and oxygen atoms in total. The summed E-state index contributed by atoms with van der Waals surface area (Å²) in [5, 5.41) is 2.73. The monoisotopic (exact) mass is 354 g/mol. The number of ether oxygens (including phenoxy) is 1. The number of morpholine rings is 1. The van der Waals surface area contributed by atoms with Crippen LogP contribution in [-0.2, 0) is 15.7 Å². The van der Waals surface area contributed by atoms with E-state index in [0.717, 1.165) is 18.6 Å². The van der Waals surface area contributed by atoms with Gasteiger partial charge in [-0.1, -0.05) is 12.2 Å². The summed E-state index contributed by atoms with van der Waals surface area (Å²) in [4.78, 5) is 14.4. The van der Waals surface area contributed by atoms with Crippen LogP contribution in [-0.4, -0.2) is 32.2 Å². The van der Waals surface area contributed by atoms with Crippen LogP contribution >= 0.6 is 0 Å². The Morgan fingerprint density at radius 2 is 1.96 bits per heavy atom. The average molecular weight is 354 g/mol. The fourth-order valence-corrected chi connectivity index (χ4v) is 3.16. The molecule has 0 spiro atoms. The van der Waals surface area contributed by atoms with Gasteiger partial charge in [-0.15, -0.1) is 0 Å². The first kappa shape index (κ1) is 17.8. The van der Waals surface area contributed by atoms with E-state index in [4.69, 9.17) is 4.74 Å². The fraction of sp³-hybridized carbons (Fsp3) is 0.500. The Morgan fingerprint density at radius 3 is 2.60 bits per heavy atom. The van der Waals surface area contributed by atoms with Gasteiger partial charge in [0.2, 0.25) is 5.91 Å². The van der Waals surface area contributed by atoms with Crippen molar-refractivity contribution in [1.82, 2.24) is 0 Å². The van der Waals surface area contributed by atoms with Gasteiger partial charge < -0.3 is 15.0 Å². The first-order chi connectivity index (χ1) is 11.9. The Kier molecular flexibility index (Phi) is 5.32. The SMILES string of the molecule is O=C(Nc1cc(C(F)(F)F)ccc1N1CCOCC1)C1CC=CCC1. The lowest BCUT2D eigenvalue weighted by Gasteiger charge is -2.31. The van der Waals surface area contributed by atoms with E-state index in [1.807, 2.05) is 17.1 Å². The Balaban J connectivity index is 1.87. The van der Waals surface area contributed by atoms with Gasteiger partial charge in [-0.3, -0.25) is 4.79 Å². The zero-order valence-corrected chi connectivity index (χ0v) is 13.8. The number of hydrogen-bond donors (Lipinski definition) is 1. The molecule has 1 unspecified atom stereocenters. The fourth-order valence-electron chi connectivity index (χ4n) is 3.16. The summed E-state index contributed by atoms with van der Waals surface area (Å²) in [5.74, 6) is -0.421. The maximum atomic E-state index is 13.1. The molecule has 1 amide bonds. The standard InChI is InChI=1S/C18H21F3N2O2/c19-18(20,21)14-6-7-16(23-8-10-25-11-9-23)15(12-14)22-17(24)13-4-2-1-3-5-13/h1-2,6-7,12-13H,3-5,8-11H2,(H,22,24). The molecule has 7 heteroatoms. The van der Waals surface area contributed by atoms with Crippen molar-refractivity contribution in [3.05, 3.63) is 35.9 Å². The largest absolute Gasteiger partial charge is 0.416 e. The van der Waals surface area contributed by atoms with E-state index in [1.165, 1.54) is 6.07 Å². The molecule has 2 aliphatic rings. The molecule has 3 rings (SSSR count). The van der Waals surface area contributed by atoms with E-state index in [-0.39, 0.29) is 17.5 Å². The molecule has 0 aromatic heterocycles. The maximum absolute atomic E-state index is 13.1. The Hall–Kier alpha value is -2.02. The highest BCUT2D eigenvalue weighted by Crippen LogP contribution is 2.36. The van der Waals surface area contributed by atoms with Crippen LogP contribution in [0, 0.1) is 5.92 Å². The Morgan fingerprint density at radius 1 is 1.20 bits per heavy atom. The number of anilines is 2. The third-order valence-corrected chi connectivity index (χ3v) is 4.57. The molecule has 1 aliphatic carbocycles. The molecule has 1 fully saturated rings. The number of rotatable bonds is 3. The summed E-state index contributed by atoms with van der Waals surface area (Å²) in [5.41, 5.74) is 0.0654. The highest BCUT2D eigenvalue weighted by Gasteiger charge is 2.32. The van der Waals surface area contributed by atoms with Gasteiger partial charge in [0.05, 0.1) is 30.2 Å².